The molecule has 1 spiro atoms. The van der Waals surface area contributed by atoms with Gasteiger partial charge in [-0.2, -0.15) is 0 Å². The lowest BCUT2D eigenvalue weighted by Gasteiger charge is -2.48. The molecule has 3 nitrogen and oxygen atoms in total. The third-order valence-corrected chi connectivity index (χ3v) is 5.26. The minimum atomic E-state index is 0.416. The van der Waals surface area contributed by atoms with E-state index in [-0.39, 0.29) is 0 Å². The number of rotatable bonds is 5. The van der Waals surface area contributed by atoms with Crippen LogP contribution in [0, 0.1) is 0 Å². The van der Waals surface area contributed by atoms with Crippen LogP contribution in [0.5, 0.6) is 0 Å². The molecule has 0 amide bonds. The number of piperazine rings is 1. The smallest absolute Gasteiger partial charge is 0.0474 e. The van der Waals surface area contributed by atoms with Crippen molar-refractivity contribution in [2.24, 2.45) is 0 Å². The molecule has 1 aromatic rings. The third-order valence-electron chi connectivity index (χ3n) is 5.26. The van der Waals surface area contributed by atoms with Gasteiger partial charge in [0.2, 0.25) is 0 Å². The normalized spacial score (nSPS) is 25.5. The van der Waals surface area contributed by atoms with Crippen LogP contribution in [0.3, 0.4) is 0 Å². The van der Waals surface area contributed by atoms with Crippen LogP contribution >= 0.6 is 0 Å². The van der Waals surface area contributed by atoms with E-state index in [1.54, 1.807) is 7.11 Å². The Morgan fingerprint density at radius 3 is 2.71 bits per heavy atom. The highest BCUT2D eigenvalue weighted by Gasteiger charge is 2.43. The summed E-state index contributed by atoms with van der Waals surface area (Å²) in [5, 5.41) is 3.82. The van der Waals surface area contributed by atoms with Crippen molar-refractivity contribution in [1.29, 1.82) is 0 Å². The zero-order valence-electron chi connectivity index (χ0n) is 13.2. The molecular formula is C18H28N2O. The fraction of sp³-hybridized carbons (Fsp3) is 0.667. The van der Waals surface area contributed by atoms with Crippen LogP contribution in [0.4, 0.5) is 0 Å². The quantitative estimate of drug-likeness (QED) is 0.843. The SMILES string of the molecule is COCCCN1CC(c2ccccc2)NCC12CCCC2. The Morgan fingerprint density at radius 2 is 2.00 bits per heavy atom. The molecule has 1 atom stereocenters. The van der Waals surface area contributed by atoms with Crippen molar-refractivity contribution in [3.8, 4) is 0 Å². The molecule has 3 heteroatoms. The molecule has 0 radical (unpaired) electrons. The van der Waals surface area contributed by atoms with E-state index in [1.807, 2.05) is 0 Å². The van der Waals surface area contributed by atoms with Gasteiger partial charge in [-0.05, 0) is 24.8 Å². The first-order valence-electron chi connectivity index (χ1n) is 8.36. The van der Waals surface area contributed by atoms with Gasteiger partial charge in [0.25, 0.3) is 0 Å². The van der Waals surface area contributed by atoms with Crippen LogP contribution < -0.4 is 5.32 Å². The van der Waals surface area contributed by atoms with Crippen LogP contribution in [0.1, 0.15) is 43.7 Å². The summed E-state index contributed by atoms with van der Waals surface area (Å²) in [4.78, 5) is 2.76. The molecule has 0 bridgehead atoms. The summed E-state index contributed by atoms with van der Waals surface area (Å²) in [5.41, 5.74) is 1.83. The van der Waals surface area contributed by atoms with Crippen molar-refractivity contribution in [3.05, 3.63) is 35.9 Å². The van der Waals surface area contributed by atoms with Gasteiger partial charge >= 0.3 is 0 Å². The molecule has 21 heavy (non-hydrogen) atoms. The van der Waals surface area contributed by atoms with Gasteiger partial charge in [-0.15, -0.1) is 0 Å². The van der Waals surface area contributed by atoms with E-state index in [0.29, 0.717) is 11.6 Å². The molecule has 2 aliphatic rings. The molecule has 1 unspecified atom stereocenters. The van der Waals surface area contributed by atoms with Crippen LogP contribution in [0.15, 0.2) is 30.3 Å². The lowest BCUT2D eigenvalue weighted by Crippen LogP contribution is -2.60. The van der Waals surface area contributed by atoms with E-state index in [9.17, 15) is 0 Å². The highest BCUT2D eigenvalue weighted by molar-refractivity contribution is 5.21. The van der Waals surface area contributed by atoms with E-state index in [4.69, 9.17) is 4.74 Å². The number of nitrogens with zero attached hydrogens (tertiary/aromatic N) is 1. The molecule has 1 saturated carbocycles. The predicted octanol–water partition coefficient (Wildman–Crippen LogP) is 2.98. The molecule has 1 heterocycles. The number of nitrogens with one attached hydrogen (secondary N) is 1. The van der Waals surface area contributed by atoms with Crippen LogP contribution in [0.25, 0.3) is 0 Å². The summed E-state index contributed by atoms with van der Waals surface area (Å²) in [6.07, 6.45) is 6.62. The second kappa shape index (κ2) is 6.91. The molecule has 116 valence electrons. The Hall–Kier alpha value is -0.900. The first kappa shape index (κ1) is 15.0. The van der Waals surface area contributed by atoms with Crippen molar-refractivity contribution in [1.82, 2.24) is 10.2 Å². The zero-order chi connectivity index (χ0) is 14.5. The molecule has 1 saturated heterocycles. The Morgan fingerprint density at radius 1 is 1.24 bits per heavy atom. The Bertz CT molecular complexity index is 428. The van der Waals surface area contributed by atoms with Gasteiger partial charge < -0.3 is 10.1 Å². The van der Waals surface area contributed by atoms with E-state index < -0.39 is 0 Å². The number of methoxy groups -OCH3 is 1. The first-order valence-corrected chi connectivity index (χ1v) is 8.36. The number of hydrogen-bond acceptors (Lipinski definition) is 3. The van der Waals surface area contributed by atoms with Crippen molar-refractivity contribution in [2.45, 2.75) is 43.7 Å². The van der Waals surface area contributed by atoms with E-state index in [1.165, 1.54) is 37.8 Å². The Balaban J connectivity index is 1.70. The fourth-order valence-electron chi connectivity index (χ4n) is 4.07. The molecule has 2 fully saturated rings. The zero-order valence-corrected chi connectivity index (χ0v) is 13.2. The molecule has 1 aliphatic carbocycles. The monoisotopic (exact) mass is 288 g/mol. The van der Waals surface area contributed by atoms with Gasteiger partial charge in [0.05, 0.1) is 0 Å². The minimum Gasteiger partial charge on any atom is -0.385 e. The second-order valence-corrected chi connectivity index (χ2v) is 6.57. The maximum atomic E-state index is 5.25. The van der Waals surface area contributed by atoms with Gasteiger partial charge in [-0.1, -0.05) is 43.2 Å². The van der Waals surface area contributed by atoms with Gasteiger partial charge in [-0.3, -0.25) is 4.90 Å². The average Bonchev–Trinajstić information content (AvgIpc) is 3.00. The summed E-state index contributed by atoms with van der Waals surface area (Å²) in [5.74, 6) is 0. The molecule has 3 rings (SSSR count). The summed E-state index contributed by atoms with van der Waals surface area (Å²) in [6.45, 7) is 4.31. The Labute approximate surface area is 128 Å². The lowest BCUT2D eigenvalue weighted by atomic mass is 9.89. The number of hydrogen-bond donors (Lipinski definition) is 1. The lowest BCUT2D eigenvalue weighted by molar-refractivity contribution is 0.0350. The largest absolute Gasteiger partial charge is 0.385 e. The third kappa shape index (κ3) is 3.31. The molecular weight excluding hydrogens is 260 g/mol. The topological polar surface area (TPSA) is 24.5 Å². The average molecular weight is 288 g/mol. The summed E-state index contributed by atoms with van der Waals surface area (Å²) < 4.78 is 5.25. The predicted molar refractivity (Wildman–Crippen MR) is 86.5 cm³/mol. The summed E-state index contributed by atoms with van der Waals surface area (Å²) in [7, 11) is 1.80. The Kier molecular flexibility index (Phi) is 4.94. The molecule has 1 aliphatic heterocycles. The maximum absolute atomic E-state index is 5.25. The van der Waals surface area contributed by atoms with Crippen molar-refractivity contribution in [3.63, 3.8) is 0 Å². The highest BCUT2D eigenvalue weighted by Crippen LogP contribution is 2.38. The van der Waals surface area contributed by atoms with Gasteiger partial charge in [0.15, 0.2) is 0 Å². The number of ether oxygens (including phenoxy) is 1. The van der Waals surface area contributed by atoms with Crippen molar-refractivity contribution in [2.75, 3.05) is 33.4 Å². The second-order valence-electron chi connectivity index (χ2n) is 6.57. The van der Waals surface area contributed by atoms with Gasteiger partial charge in [0, 0.05) is 44.9 Å². The molecule has 0 aromatic heterocycles. The van der Waals surface area contributed by atoms with E-state index >= 15 is 0 Å². The van der Waals surface area contributed by atoms with E-state index in [2.05, 4.69) is 40.5 Å². The highest BCUT2D eigenvalue weighted by atomic mass is 16.5. The standard InChI is InChI=1S/C18H28N2O/c1-21-13-7-12-20-14-17(16-8-3-2-4-9-16)19-15-18(20)10-5-6-11-18/h2-4,8-9,17,19H,5-7,10-15H2,1H3. The molecule has 1 N–H and O–H groups in total. The van der Waals surface area contributed by atoms with Gasteiger partial charge in [0.1, 0.15) is 0 Å². The molecule has 1 aromatic carbocycles. The van der Waals surface area contributed by atoms with Crippen molar-refractivity contribution >= 4 is 0 Å². The maximum Gasteiger partial charge on any atom is 0.0474 e. The summed E-state index contributed by atoms with van der Waals surface area (Å²) in [6, 6.07) is 11.4. The van der Waals surface area contributed by atoms with Crippen LogP contribution in [0.2, 0.25) is 0 Å². The van der Waals surface area contributed by atoms with Crippen LogP contribution in [-0.2, 0) is 4.74 Å². The first-order chi connectivity index (χ1) is 10.3. The van der Waals surface area contributed by atoms with Gasteiger partial charge in [-0.25, -0.2) is 0 Å². The summed E-state index contributed by atoms with van der Waals surface area (Å²) >= 11 is 0. The fourth-order valence-corrected chi connectivity index (χ4v) is 4.07. The van der Waals surface area contributed by atoms with E-state index in [0.717, 1.165) is 26.1 Å². The van der Waals surface area contributed by atoms with Crippen molar-refractivity contribution < 1.29 is 4.74 Å². The minimum absolute atomic E-state index is 0.416. The number of benzene rings is 1. The van der Waals surface area contributed by atoms with Crippen LogP contribution in [-0.4, -0.2) is 43.8 Å².